The van der Waals surface area contributed by atoms with Gasteiger partial charge in [-0.3, -0.25) is 4.79 Å². The van der Waals surface area contributed by atoms with Crippen molar-refractivity contribution in [2.75, 3.05) is 0 Å². The molecule has 1 N–H and O–H groups in total. The van der Waals surface area contributed by atoms with Crippen molar-refractivity contribution >= 4 is 62.3 Å². The summed E-state index contributed by atoms with van der Waals surface area (Å²) in [6.07, 6.45) is 3.45. The van der Waals surface area contributed by atoms with Crippen molar-refractivity contribution in [3.63, 3.8) is 0 Å². The van der Waals surface area contributed by atoms with Crippen LogP contribution in [0.25, 0.3) is 6.08 Å². The smallest absolute Gasteiger partial charge is 0.264 e. The van der Waals surface area contributed by atoms with Crippen molar-refractivity contribution in [1.29, 1.82) is 0 Å². The third-order valence-electron chi connectivity index (χ3n) is 3.43. The van der Waals surface area contributed by atoms with Gasteiger partial charge in [0, 0.05) is 16.7 Å². The lowest BCUT2D eigenvalue weighted by Crippen LogP contribution is -2.19. The average Bonchev–Trinajstić information content (AvgIpc) is 3.24. The highest BCUT2D eigenvalue weighted by Crippen LogP contribution is 2.31. The number of pyridine rings is 1. The molecule has 1 aromatic carbocycles. The SMILES string of the molecule is O=C1NC(=Nc2ccc(Br)cc2)S/C1=C\c1ccc(Sc2ccccn2)o1. The van der Waals surface area contributed by atoms with E-state index in [9.17, 15) is 4.79 Å². The highest BCUT2D eigenvalue weighted by Gasteiger charge is 2.24. The Balaban J connectivity index is 1.48. The topological polar surface area (TPSA) is 67.5 Å². The third kappa shape index (κ3) is 4.71. The number of amidine groups is 1. The number of amides is 1. The highest BCUT2D eigenvalue weighted by atomic mass is 79.9. The molecule has 1 amide bonds. The molecule has 3 heterocycles. The largest absolute Gasteiger partial charge is 0.450 e. The number of aromatic nitrogens is 1. The van der Waals surface area contributed by atoms with Crippen LogP contribution in [0.3, 0.4) is 0 Å². The van der Waals surface area contributed by atoms with Gasteiger partial charge in [-0.1, -0.05) is 22.0 Å². The van der Waals surface area contributed by atoms with Crippen LogP contribution >= 0.6 is 39.5 Å². The minimum Gasteiger partial charge on any atom is -0.450 e. The molecule has 0 atom stereocenters. The Morgan fingerprint density at radius 3 is 2.78 bits per heavy atom. The maximum Gasteiger partial charge on any atom is 0.264 e. The molecule has 0 spiro atoms. The van der Waals surface area contributed by atoms with E-state index in [1.165, 1.54) is 23.5 Å². The quantitative estimate of drug-likeness (QED) is 0.525. The normalized spacial score (nSPS) is 16.9. The third-order valence-corrected chi connectivity index (χ3v) is 5.74. The van der Waals surface area contributed by atoms with Gasteiger partial charge in [-0.15, -0.1) is 0 Å². The Labute approximate surface area is 172 Å². The maximum atomic E-state index is 12.2. The molecule has 1 fully saturated rings. The Morgan fingerprint density at radius 2 is 2.00 bits per heavy atom. The first-order chi connectivity index (χ1) is 13.2. The zero-order valence-electron chi connectivity index (χ0n) is 13.8. The van der Waals surface area contributed by atoms with E-state index in [2.05, 4.69) is 31.2 Å². The number of aliphatic imine (C=N–C) groups is 1. The Bertz CT molecular complexity index is 1030. The average molecular weight is 458 g/mol. The second-order valence-electron chi connectivity index (χ2n) is 5.38. The van der Waals surface area contributed by atoms with Gasteiger partial charge in [0.2, 0.25) is 0 Å². The van der Waals surface area contributed by atoms with Crippen LogP contribution in [0.1, 0.15) is 5.76 Å². The summed E-state index contributed by atoms with van der Waals surface area (Å²) in [5.41, 5.74) is 0.772. The maximum absolute atomic E-state index is 12.2. The molecule has 1 aliphatic rings. The molecule has 1 aliphatic heterocycles. The van der Waals surface area contributed by atoms with E-state index in [1.807, 2.05) is 54.6 Å². The molecule has 8 heteroatoms. The fourth-order valence-corrected chi connectivity index (χ4v) is 4.05. The lowest BCUT2D eigenvalue weighted by Gasteiger charge is -1.96. The van der Waals surface area contributed by atoms with Crippen LogP contribution in [0.5, 0.6) is 0 Å². The Hall–Kier alpha value is -2.29. The number of carbonyl (C=O) groups is 1. The lowest BCUT2D eigenvalue weighted by molar-refractivity contribution is -0.115. The van der Waals surface area contributed by atoms with Gasteiger partial charge in [0.15, 0.2) is 10.3 Å². The van der Waals surface area contributed by atoms with Crippen LogP contribution in [0.4, 0.5) is 5.69 Å². The van der Waals surface area contributed by atoms with E-state index in [0.29, 0.717) is 20.9 Å². The van der Waals surface area contributed by atoms with E-state index < -0.39 is 0 Å². The fourth-order valence-electron chi connectivity index (χ4n) is 2.22. The molecule has 5 nitrogen and oxygen atoms in total. The van der Waals surface area contributed by atoms with E-state index in [-0.39, 0.29) is 5.91 Å². The van der Waals surface area contributed by atoms with E-state index in [0.717, 1.165) is 15.2 Å². The van der Waals surface area contributed by atoms with E-state index in [1.54, 1.807) is 12.3 Å². The van der Waals surface area contributed by atoms with Gasteiger partial charge >= 0.3 is 0 Å². The number of hydrogen-bond donors (Lipinski definition) is 1. The molecule has 0 aliphatic carbocycles. The molecule has 1 saturated heterocycles. The number of rotatable bonds is 4. The summed E-state index contributed by atoms with van der Waals surface area (Å²) in [6, 6.07) is 17.0. The number of hydrogen-bond acceptors (Lipinski definition) is 6. The standard InChI is InChI=1S/C19H12BrN3O2S2/c20-12-4-6-13(7-5-12)22-19-23-18(24)15(26-19)11-14-8-9-17(25-14)27-16-3-1-2-10-21-16/h1-11H,(H,22,23,24)/b15-11-. The molecule has 0 bridgehead atoms. The summed E-state index contributed by atoms with van der Waals surface area (Å²) in [7, 11) is 0. The number of nitrogens with one attached hydrogen (secondary N) is 1. The van der Waals surface area contributed by atoms with Crippen LogP contribution < -0.4 is 5.32 Å². The lowest BCUT2D eigenvalue weighted by atomic mass is 10.3. The summed E-state index contributed by atoms with van der Waals surface area (Å²) in [6.45, 7) is 0. The molecule has 27 heavy (non-hydrogen) atoms. The van der Waals surface area contributed by atoms with E-state index in [4.69, 9.17) is 4.42 Å². The van der Waals surface area contributed by atoms with Crippen LogP contribution in [-0.4, -0.2) is 16.1 Å². The molecule has 4 rings (SSSR count). The van der Waals surface area contributed by atoms with Crippen molar-refractivity contribution in [3.8, 4) is 0 Å². The van der Waals surface area contributed by atoms with Gasteiger partial charge in [0.25, 0.3) is 5.91 Å². The number of nitrogens with zero attached hydrogens (tertiary/aromatic N) is 2. The number of benzene rings is 1. The van der Waals surface area contributed by atoms with Crippen LogP contribution in [-0.2, 0) is 4.79 Å². The van der Waals surface area contributed by atoms with Crippen LogP contribution in [0.2, 0.25) is 0 Å². The van der Waals surface area contributed by atoms with Gasteiger partial charge in [-0.2, -0.15) is 0 Å². The van der Waals surface area contributed by atoms with E-state index >= 15 is 0 Å². The van der Waals surface area contributed by atoms with Crippen LogP contribution in [0.15, 0.2) is 89.7 Å². The molecule has 2 aromatic heterocycles. The molecule has 0 saturated carbocycles. The molecular formula is C19H12BrN3O2S2. The van der Waals surface area contributed by atoms with Crippen molar-refractivity contribution in [2.24, 2.45) is 4.99 Å². The van der Waals surface area contributed by atoms with Gasteiger partial charge in [-0.05, 0) is 72.1 Å². The van der Waals surface area contributed by atoms with Gasteiger partial charge in [0.05, 0.1) is 10.6 Å². The first-order valence-electron chi connectivity index (χ1n) is 7.89. The first-order valence-corrected chi connectivity index (χ1v) is 10.3. The van der Waals surface area contributed by atoms with Crippen molar-refractivity contribution in [1.82, 2.24) is 10.3 Å². The fraction of sp³-hybridized carbons (Fsp3) is 0. The number of furan rings is 1. The van der Waals surface area contributed by atoms with Gasteiger partial charge in [-0.25, -0.2) is 9.98 Å². The summed E-state index contributed by atoms with van der Waals surface area (Å²) in [4.78, 5) is 21.4. The minimum atomic E-state index is -0.189. The Kier molecular flexibility index (Phi) is 5.47. The predicted molar refractivity (Wildman–Crippen MR) is 112 cm³/mol. The zero-order chi connectivity index (χ0) is 18.6. The van der Waals surface area contributed by atoms with Crippen molar-refractivity contribution < 1.29 is 9.21 Å². The predicted octanol–water partition coefficient (Wildman–Crippen LogP) is 5.48. The molecular weight excluding hydrogens is 446 g/mol. The summed E-state index contributed by atoms with van der Waals surface area (Å²) in [5.74, 6) is 0.419. The monoisotopic (exact) mass is 457 g/mol. The minimum absolute atomic E-state index is 0.189. The number of carbonyl (C=O) groups excluding carboxylic acids is 1. The second kappa shape index (κ2) is 8.16. The molecule has 0 radical (unpaired) electrons. The highest BCUT2D eigenvalue weighted by molar-refractivity contribution is 9.10. The first kappa shape index (κ1) is 18.1. The summed E-state index contributed by atoms with van der Waals surface area (Å²) < 4.78 is 6.75. The molecule has 134 valence electrons. The summed E-state index contributed by atoms with van der Waals surface area (Å²) >= 11 is 6.10. The van der Waals surface area contributed by atoms with Gasteiger partial charge in [0.1, 0.15) is 10.8 Å². The van der Waals surface area contributed by atoms with Crippen molar-refractivity contribution in [3.05, 3.63) is 75.9 Å². The zero-order valence-corrected chi connectivity index (χ0v) is 17.0. The Morgan fingerprint density at radius 1 is 1.15 bits per heavy atom. The van der Waals surface area contributed by atoms with Gasteiger partial charge < -0.3 is 9.73 Å². The number of halogens is 1. The second-order valence-corrected chi connectivity index (χ2v) is 8.36. The molecule has 0 unspecified atom stereocenters. The van der Waals surface area contributed by atoms with Crippen molar-refractivity contribution in [2.45, 2.75) is 10.1 Å². The summed E-state index contributed by atoms with van der Waals surface area (Å²) in [5, 5.41) is 4.88. The number of thioether (sulfide) groups is 1. The molecule has 3 aromatic rings. The van der Waals surface area contributed by atoms with Crippen LogP contribution in [0, 0.1) is 0 Å².